The first-order valence-corrected chi connectivity index (χ1v) is 8.84. The fourth-order valence-corrected chi connectivity index (χ4v) is 3.30. The van der Waals surface area contributed by atoms with Crippen molar-refractivity contribution in [2.75, 3.05) is 13.2 Å². The summed E-state index contributed by atoms with van der Waals surface area (Å²) in [6, 6.07) is 14.9. The molecule has 7 nitrogen and oxygen atoms in total. The lowest BCUT2D eigenvalue weighted by Gasteiger charge is -2.08. The van der Waals surface area contributed by atoms with Crippen molar-refractivity contribution in [1.82, 2.24) is 4.72 Å². The normalized spacial score (nSPS) is 11.3. The highest BCUT2D eigenvalue weighted by molar-refractivity contribution is 7.89. The zero-order chi connectivity index (χ0) is 17.4. The lowest BCUT2D eigenvalue weighted by atomic mass is 10.2. The molecular weight excluding hydrogens is 332 g/mol. The van der Waals surface area contributed by atoms with E-state index in [0.717, 1.165) is 11.6 Å². The smallest absolute Gasteiger partial charge is 0.289 e. The van der Waals surface area contributed by atoms with Gasteiger partial charge in [0, 0.05) is 19.2 Å². The van der Waals surface area contributed by atoms with Gasteiger partial charge in [-0.15, -0.1) is 0 Å². The van der Waals surface area contributed by atoms with Crippen molar-refractivity contribution < 1.29 is 18.1 Å². The van der Waals surface area contributed by atoms with Crippen LogP contribution in [0.15, 0.2) is 59.5 Å². The van der Waals surface area contributed by atoms with Crippen molar-refractivity contribution in [2.45, 2.75) is 17.9 Å². The quantitative estimate of drug-likeness (QED) is 0.425. The number of nitro benzene ring substituents is 1. The van der Waals surface area contributed by atoms with Crippen LogP contribution in [0.3, 0.4) is 0 Å². The average Bonchev–Trinajstić information content (AvgIpc) is 2.59. The van der Waals surface area contributed by atoms with E-state index >= 15 is 0 Å². The number of rotatable bonds is 9. The third-order valence-corrected chi connectivity index (χ3v) is 4.73. The van der Waals surface area contributed by atoms with Crippen LogP contribution in [-0.2, 0) is 21.4 Å². The molecule has 0 aliphatic rings. The Kier molecular flexibility index (Phi) is 6.42. The van der Waals surface area contributed by atoms with Crippen LogP contribution in [0.4, 0.5) is 5.69 Å². The molecule has 0 heterocycles. The molecule has 2 aromatic rings. The summed E-state index contributed by atoms with van der Waals surface area (Å²) < 4.78 is 32.1. The van der Waals surface area contributed by atoms with Crippen LogP contribution < -0.4 is 4.72 Å². The van der Waals surface area contributed by atoms with Crippen LogP contribution in [-0.4, -0.2) is 26.5 Å². The minimum atomic E-state index is -3.92. The van der Waals surface area contributed by atoms with Gasteiger partial charge in [0.15, 0.2) is 4.90 Å². The number of nitrogens with zero attached hydrogens (tertiary/aromatic N) is 1. The molecule has 128 valence electrons. The Hall–Kier alpha value is -2.29. The van der Waals surface area contributed by atoms with Crippen LogP contribution >= 0.6 is 0 Å². The SMILES string of the molecule is O=[N+]([O-])c1ccccc1S(=O)(=O)NCCCOCc1ccccc1. The molecule has 0 bridgehead atoms. The standard InChI is InChI=1S/C16H18N2O5S/c19-18(20)15-9-4-5-10-16(15)24(21,22)17-11-6-12-23-13-14-7-2-1-3-8-14/h1-5,7-10,17H,6,11-13H2. The number of sulfonamides is 1. The molecule has 24 heavy (non-hydrogen) atoms. The van der Waals surface area contributed by atoms with Crippen molar-refractivity contribution >= 4 is 15.7 Å². The second kappa shape index (κ2) is 8.53. The van der Waals surface area contributed by atoms with Gasteiger partial charge in [-0.2, -0.15) is 0 Å². The molecule has 0 atom stereocenters. The monoisotopic (exact) mass is 350 g/mol. The Bertz CT molecular complexity index is 778. The summed E-state index contributed by atoms with van der Waals surface area (Å²) >= 11 is 0. The van der Waals surface area contributed by atoms with E-state index < -0.39 is 20.6 Å². The molecule has 1 N–H and O–H groups in total. The Morgan fingerprint density at radius 1 is 1.04 bits per heavy atom. The molecule has 2 aromatic carbocycles. The molecule has 0 fully saturated rings. The molecule has 0 aromatic heterocycles. The highest BCUT2D eigenvalue weighted by Crippen LogP contribution is 2.22. The highest BCUT2D eigenvalue weighted by Gasteiger charge is 2.24. The van der Waals surface area contributed by atoms with Crippen molar-refractivity contribution in [3.63, 3.8) is 0 Å². The van der Waals surface area contributed by atoms with Gasteiger partial charge in [0.2, 0.25) is 10.0 Å². The van der Waals surface area contributed by atoms with Gasteiger partial charge >= 0.3 is 0 Å². The topological polar surface area (TPSA) is 98.5 Å². The summed E-state index contributed by atoms with van der Waals surface area (Å²) in [6.07, 6.45) is 0.465. The molecule has 8 heteroatoms. The third-order valence-electron chi connectivity index (χ3n) is 3.22. The van der Waals surface area contributed by atoms with E-state index in [1.807, 2.05) is 30.3 Å². The predicted molar refractivity (Wildman–Crippen MR) is 89.0 cm³/mol. The number of benzene rings is 2. The van der Waals surface area contributed by atoms with Crippen LogP contribution in [0, 0.1) is 10.1 Å². The zero-order valence-corrected chi connectivity index (χ0v) is 13.7. The number of hydrogen-bond donors (Lipinski definition) is 1. The second-order valence-corrected chi connectivity index (χ2v) is 6.75. The maximum absolute atomic E-state index is 12.2. The molecule has 0 aliphatic heterocycles. The Balaban J connectivity index is 1.80. The van der Waals surface area contributed by atoms with Crippen molar-refractivity contribution in [2.24, 2.45) is 0 Å². The molecule has 0 radical (unpaired) electrons. The number of nitro groups is 1. The predicted octanol–water partition coefficient (Wildman–Crippen LogP) is 2.48. The van der Waals surface area contributed by atoms with E-state index in [-0.39, 0.29) is 11.4 Å². The average molecular weight is 350 g/mol. The van der Waals surface area contributed by atoms with Crippen LogP contribution in [0.5, 0.6) is 0 Å². The Morgan fingerprint density at radius 3 is 2.42 bits per heavy atom. The van der Waals surface area contributed by atoms with Crippen molar-refractivity contribution in [1.29, 1.82) is 0 Å². The van der Waals surface area contributed by atoms with Gasteiger partial charge in [0.05, 0.1) is 11.5 Å². The van der Waals surface area contributed by atoms with Gasteiger partial charge in [-0.25, -0.2) is 13.1 Å². The van der Waals surface area contributed by atoms with E-state index in [4.69, 9.17) is 4.74 Å². The number of nitrogens with one attached hydrogen (secondary N) is 1. The van der Waals surface area contributed by atoms with E-state index in [2.05, 4.69) is 4.72 Å². The maximum Gasteiger partial charge on any atom is 0.289 e. The Morgan fingerprint density at radius 2 is 1.71 bits per heavy atom. The fourth-order valence-electron chi connectivity index (χ4n) is 2.06. The molecule has 0 spiro atoms. The summed E-state index contributed by atoms with van der Waals surface area (Å²) in [4.78, 5) is 9.87. The first kappa shape index (κ1) is 18.1. The van der Waals surface area contributed by atoms with Gasteiger partial charge in [-0.1, -0.05) is 42.5 Å². The summed E-state index contributed by atoms with van der Waals surface area (Å²) in [5, 5.41) is 10.9. The molecule has 2 rings (SSSR count). The fraction of sp³-hybridized carbons (Fsp3) is 0.250. The molecule has 0 amide bonds. The number of para-hydroxylation sites is 1. The minimum Gasteiger partial charge on any atom is -0.377 e. The van der Waals surface area contributed by atoms with Crippen molar-refractivity contribution in [3.05, 3.63) is 70.3 Å². The third kappa shape index (κ3) is 5.12. The summed E-state index contributed by atoms with van der Waals surface area (Å²) in [6.45, 7) is 0.981. The van der Waals surface area contributed by atoms with Gasteiger partial charge < -0.3 is 4.74 Å². The van der Waals surface area contributed by atoms with E-state index in [1.54, 1.807) is 0 Å². The summed E-state index contributed by atoms with van der Waals surface area (Å²) in [5.74, 6) is 0. The number of hydrogen-bond acceptors (Lipinski definition) is 5. The lowest BCUT2D eigenvalue weighted by molar-refractivity contribution is -0.387. The molecule has 0 saturated carbocycles. The van der Waals surface area contributed by atoms with E-state index in [9.17, 15) is 18.5 Å². The number of ether oxygens (including phenoxy) is 1. The van der Waals surface area contributed by atoms with E-state index in [0.29, 0.717) is 19.6 Å². The Labute approximate surface area is 140 Å². The maximum atomic E-state index is 12.2. The highest BCUT2D eigenvalue weighted by atomic mass is 32.2. The van der Waals surface area contributed by atoms with Crippen LogP contribution in [0.2, 0.25) is 0 Å². The van der Waals surface area contributed by atoms with Gasteiger partial charge in [-0.3, -0.25) is 10.1 Å². The minimum absolute atomic E-state index is 0.142. The van der Waals surface area contributed by atoms with E-state index in [1.165, 1.54) is 18.2 Å². The largest absolute Gasteiger partial charge is 0.377 e. The second-order valence-electron chi connectivity index (χ2n) is 5.01. The summed E-state index contributed by atoms with van der Waals surface area (Å²) in [7, 11) is -3.92. The first-order valence-electron chi connectivity index (χ1n) is 7.35. The lowest BCUT2D eigenvalue weighted by Crippen LogP contribution is -2.26. The van der Waals surface area contributed by atoms with Gasteiger partial charge in [-0.05, 0) is 18.1 Å². The van der Waals surface area contributed by atoms with Gasteiger partial charge in [0.1, 0.15) is 0 Å². The molecule has 0 saturated heterocycles. The first-order chi connectivity index (χ1) is 11.5. The van der Waals surface area contributed by atoms with Crippen LogP contribution in [0.25, 0.3) is 0 Å². The summed E-state index contributed by atoms with van der Waals surface area (Å²) in [5.41, 5.74) is 0.600. The molecular formula is C16H18N2O5S. The van der Waals surface area contributed by atoms with Crippen molar-refractivity contribution in [3.8, 4) is 0 Å². The molecule has 0 unspecified atom stereocenters. The van der Waals surface area contributed by atoms with Gasteiger partial charge in [0.25, 0.3) is 5.69 Å². The zero-order valence-electron chi connectivity index (χ0n) is 12.9. The molecule has 0 aliphatic carbocycles. The van der Waals surface area contributed by atoms with Crippen LogP contribution in [0.1, 0.15) is 12.0 Å².